The lowest BCUT2D eigenvalue weighted by Gasteiger charge is -2.41. The molecule has 6 N–H and O–H groups in total. The third-order valence-electron chi connectivity index (χ3n) is 10.0. The number of carbonyl (C=O) groups excluding carboxylic acids is 3. The van der Waals surface area contributed by atoms with Crippen molar-refractivity contribution < 1.29 is 42.9 Å². The number of aliphatic hydroxyl groups is 1. The lowest BCUT2D eigenvalue weighted by molar-refractivity contribution is -0.147. The first-order chi connectivity index (χ1) is 26.9. The fourth-order valence-corrected chi connectivity index (χ4v) is 8.54. The van der Waals surface area contributed by atoms with Crippen LogP contribution in [0.2, 0.25) is 51.4 Å². The molecule has 0 saturated heterocycles. The van der Waals surface area contributed by atoms with Crippen LogP contribution in [0.4, 0.5) is 13.6 Å². The summed E-state index contributed by atoms with van der Waals surface area (Å²) >= 11 is 0. The topological polar surface area (TPSA) is 176 Å². The van der Waals surface area contributed by atoms with Crippen molar-refractivity contribution in [3.63, 3.8) is 0 Å². The van der Waals surface area contributed by atoms with Crippen molar-refractivity contribution in [2.45, 2.75) is 109 Å². The molecular formula is C42H63F2N5O7Si2. The minimum absolute atomic E-state index is 0.0188. The Hall–Kier alpha value is -4.39. The van der Waals surface area contributed by atoms with Gasteiger partial charge in [0.15, 0.2) is 0 Å². The zero-order chi connectivity index (χ0) is 43.6. The van der Waals surface area contributed by atoms with Crippen LogP contribution >= 0.6 is 0 Å². The predicted molar refractivity (Wildman–Crippen MR) is 228 cm³/mol. The van der Waals surface area contributed by atoms with Gasteiger partial charge in [-0.25, -0.2) is 18.4 Å². The van der Waals surface area contributed by atoms with E-state index in [1.807, 2.05) is 55.7 Å². The molecule has 0 radical (unpaired) electrons. The molecule has 1 aromatic heterocycles. The average Bonchev–Trinajstić information content (AvgIpc) is 3.52. The summed E-state index contributed by atoms with van der Waals surface area (Å²) in [6.45, 7) is 17.2. The number of nitrogens with one attached hydrogen (secondary N) is 2. The number of halogens is 2. The van der Waals surface area contributed by atoms with Gasteiger partial charge < -0.3 is 40.8 Å². The third-order valence-corrected chi connectivity index (χ3v) is 13.5. The number of carboxylic acids is 1. The molecule has 12 nitrogen and oxygen atoms in total. The summed E-state index contributed by atoms with van der Waals surface area (Å²) in [5, 5.41) is 26.0. The molecule has 58 heavy (non-hydrogen) atoms. The SMILES string of the molecule is CC(C)(C)[C@H](c1cc(-c2cc(F)ccc2F)cn1Cc1ccccc1)N(CC[C@H](NC(=O)OCC[Si](C)(C)C)C(=O)N[C@@](CN)(CC[Si](C)(C)C)C(=O)O)C(=O)CO. The van der Waals surface area contributed by atoms with Gasteiger partial charge in [-0.1, -0.05) is 96.4 Å². The highest BCUT2D eigenvalue weighted by atomic mass is 28.3. The van der Waals surface area contributed by atoms with Crippen LogP contribution in [0.5, 0.6) is 0 Å². The summed E-state index contributed by atoms with van der Waals surface area (Å²) in [6.07, 6.45) is 0.654. The molecular weight excluding hydrogens is 781 g/mol. The summed E-state index contributed by atoms with van der Waals surface area (Å²) in [5.74, 6) is -4.11. The third kappa shape index (κ3) is 13.9. The van der Waals surface area contributed by atoms with Gasteiger partial charge in [-0.05, 0) is 54.1 Å². The van der Waals surface area contributed by atoms with Crippen LogP contribution in [0.1, 0.15) is 50.9 Å². The number of alkyl carbamates (subject to hydrolysis) is 1. The number of benzene rings is 2. The minimum atomic E-state index is -1.82. The molecule has 1 heterocycles. The van der Waals surface area contributed by atoms with Crippen LogP contribution in [0.25, 0.3) is 11.1 Å². The number of hydrogen-bond donors (Lipinski definition) is 5. The summed E-state index contributed by atoms with van der Waals surface area (Å²) in [5.41, 5.74) is 5.27. The Bertz CT molecular complexity index is 1880. The van der Waals surface area contributed by atoms with E-state index in [2.05, 4.69) is 49.9 Å². The number of rotatable bonds is 20. The molecule has 0 bridgehead atoms. The van der Waals surface area contributed by atoms with Gasteiger partial charge in [-0.3, -0.25) is 9.59 Å². The van der Waals surface area contributed by atoms with Gasteiger partial charge in [-0.2, -0.15) is 0 Å². The molecule has 2 aromatic carbocycles. The molecule has 3 amide bonds. The van der Waals surface area contributed by atoms with E-state index < -0.39 is 87.8 Å². The van der Waals surface area contributed by atoms with Crippen LogP contribution in [0, 0.1) is 17.0 Å². The monoisotopic (exact) mass is 843 g/mol. The van der Waals surface area contributed by atoms with Crippen molar-refractivity contribution in [1.82, 2.24) is 20.1 Å². The van der Waals surface area contributed by atoms with Crippen molar-refractivity contribution in [3.05, 3.63) is 83.7 Å². The molecule has 0 unspecified atom stereocenters. The van der Waals surface area contributed by atoms with Gasteiger partial charge in [0, 0.05) is 58.8 Å². The smallest absolute Gasteiger partial charge is 0.407 e. The molecule has 320 valence electrons. The number of aliphatic carboxylic acids is 1. The van der Waals surface area contributed by atoms with Gasteiger partial charge in [0.2, 0.25) is 11.8 Å². The Kier molecular flexibility index (Phi) is 16.6. The van der Waals surface area contributed by atoms with Crippen molar-refractivity contribution >= 4 is 40.0 Å². The first-order valence-corrected chi connectivity index (χ1v) is 27.1. The van der Waals surface area contributed by atoms with Crippen molar-refractivity contribution in [3.8, 4) is 11.1 Å². The summed E-state index contributed by atoms with van der Waals surface area (Å²) < 4.78 is 37.0. The number of nitrogens with two attached hydrogens (primary N) is 1. The lowest BCUT2D eigenvalue weighted by atomic mass is 9.82. The Balaban J connectivity index is 2.13. The number of aliphatic hydroxyl groups excluding tert-OH is 1. The molecule has 0 aliphatic rings. The van der Waals surface area contributed by atoms with Crippen LogP contribution < -0.4 is 16.4 Å². The van der Waals surface area contributed by atoms with Gasteiger partial charge in [-0.15, -0.1) is 0 Å². The van der Waals surface area contributed by atoms with E-state index in [1.54, 1.807) is 12.3 Å². The van der Waals surface area contributed by atoms with E-state index in [4.69, 9.17) is 10.5 Å². The zero-order valence-electron chi connectivity index (χ0n) is 35.5. The van der Waals surface area contributed by atoms with E-state index in [-0.39, 0.29) is 31.6 Å². The number of amides is 3. The van der Waals surface area contributed by atoms with Crippen LogP contribution in [-0.4, -0.2) is 97.6 Å². The molecule has 3 aromatic rings. The quantitative estimate of drug-likeness (QED) is 0.0769. The zero-order valence-corrected chi connectivity index (χ0v) is 37.5. The fraction of sp³-hybridized carbons (Fsp3) is 0.524. The highest BCUT2D eigenvalue weighted by molar-refractivity contribution is 6.76. The normalized spacial score (nSPS) is 14.2. The van der Waals surface area contributed by atoms with Gasteiger partial charge >= 0.3 is 12.1 Å². The first kappa shape index (κ1) is 48.0. The largest absolute Gasteiger partial charge is 0.479 e. The fourth-order valence-electron chi connectivity index (χ4n) is 6.65. The molecule has 3 rings (SSSR count). The molecule has 0 aliphatic carbocycles. The number of ether oxygens (including phenoxy) is 1. The van der Waals surface area contributed by atoms with E-state index in [0.29, 0.717) is 29.9 Å². The Morgan fingerprint density at radius 2 is 1.59 bits per heavy atom. The van der Waals surface area contributed by atoms with Crippen molar-refractivity contribution in [1.29, 1.82) is 0 Å². The predicted octanol–water partition coefficient (Wildman–Crippen LogP) is 6.84. The summed E-state index contributed by atoms with van der Waals surface area (Å²) in [6, 6.07) is 13.3. The van der Waals surface area contributed by atoms with E-state index >= 15 is 4.39 Å². The molecule has 3 atom stereocenters. The Morgan fingerprint density at radius 3 is 2.14 bits per heavy atom. The van der Waals surface area contributed by atoms with Crippen molar-refractivity contribution in [2.24, 2.45) is 11.1 Å². The van der Waals surface area contributed by atoms with E-state index in [1.165, 1.54) is 4.90 Å². The minimum Gasteiger partial charge on any atom is -0.479 e. The molecule has 16 heteroatoms. The summed E-state index contributed by atoms with van der Waals surface area (Å²) in [4.78, 5) is 55.4. The average molecular weight is 844 g/mol. The number of nitrogens with zero attached hydrogens (tertiary/aromatic N) is 2. The van der Waals surface area contributed by atoms with Crippen LogP contribution in [0.3, 0.4) is 0 Å². The molecule has 0 saturated carbocycles. The molecule has 0 spiro atoms. The maximum absolute atomic E-state index is 15.2. The highest BCUT2D eigenvalue weighted by Crippen LogP contribution is 2.41. The van der Waals surface area contributed by atoms with Crippen LogP contribution in [-0.2, 0) is 25.7 Å². The molecule has 0 aliphatic heterocycles. The standard InChI is InChI=1S/C42H63F2N5O7Si2/c1-41(2,3)37(35-23-30(32-24-31(43)15-16-33(32)44)26-48(35)25-29-13-11-10-12-14-29)49(36(51)27-50)19-17-34(46-40(55)56-20-22-58(7,8)9)38(52)47-42(28-45,39(53)54)18-21-57(4,5)6/h10-16,23-24,26,34,37,50H,17-22,25,27-28,45H2,1-9H3,(H,46,55)(H,47,52)(H,53,54)/t34-,37-,42+/m0/s1. The molecule has 0 fully saturated rings. The Labute approximate surface area is 343 Å². The summed E-state index contributed by atoms with van der Waals surface area (Å²) in [7, 11) is -3.39. The van der Waals surface area contributed by atoms with Gasteiger partial charge in [0.1, 0.15) is 29.8 Å². The number of aromatic nitrogens is 1. The lowest BCUT2D eigenvalue weighted by Crippen LogP contribution is -2.63. The number of carbonyl (C=O) groups is 4. The second-order valence-corrected chi connectivity index (χ2v) is 29.7. The maximum Gasteiger partial charge on any atom is 0.407 e. The van der Waals surface area contributed by atoms with Crippen LogP contribution in [0.15, 0.2) is 60.8 Å². The number of carboxylic acid groups (broad SMARTS) is 1. The highest BCUT2D eigenvalue weighted by Gasteiger charge is 2.42. The number of hydrogen-bond acceptors (Lipinski definition) is 7. The van der Waals surface area contributed by atoms with E-state index in [9.17, 15) is 33.8 Å². The first-order valence-electron chi connectivity index (χ1n) is 19.7. The maximum atomic E-state index is 15.2. The second-order valence-electron chi connectivity index (χ2n) is 18.5. The van der Waals surface area contributed by atoms with Gasteiger partial charge in [0.25, 0.3) is 0 Å². The Morgan fingerprint density at radius 1 is 0.948 bits per heavy atom. The van der Waals surface area contributed by atoms with E-state index in [0.717, 1.165) is 23.8 Å². The van der Waals surface area contributed by atoms with Crippen molar-refractivity contribution in [2.75, 3.05) is 26.3 Å². The second kappa shape index (κ2) is 20.0. The van der Waals surface area contributed by atoms with Gasteiger partial charge in [0.05, 0.1) is 12.6 Å².